The predicted molar refractivity (Wildman–Crippen MR) is 114 cm³/mol. The highest BCUT2D eigenvalue weighted by atomic mass is 16.5. The minimum atomic E-state index is 0.325. The van der Waals surface area contributed by atoms with Gasteiger partial charge in [0.1, 0.15) is 11.6 Å². The summed E-state index contributed by atoms with van der Waals surface area (Å²) >= 11 is 0. The van der Waals surface area contributed by atoms with Crippen LogP contribution in [-0.2, 0) is 17.8 Å². The quantitative estimate of drug-likeness (QED) is 0.372. The van der Waals surface area contributed by atoms with Gasteiger partial charge < -0.3 is 14.2 Å². The highest BCUT2D eigenvalue weighted by molar-refractivity contribution is 5.82. The first-order valence-corrected chi connectivity index (χ1v) is 9.21. The summed E-state index contributed by atoms with van der Waals surface area (Å²) in [6.45, 7) is 8.41. The van der Waals surface area contributed by atoms with Crippen LogP contribution in [0, 0.1) is 18.3 Å². The standard InChI is InChI=1S/C22H26N4O3/c1-6-8-17-10-16(11-20(29-7-2)21(17)28-5)13-24-26-22-19(12-23)18(14-27-4)9-15(3)25-22/h6,9-11,13H,1,7-8,14H2,2-5H3,(H,25,26)/b24-13+. The number of hydrogen-bond acceptors (Lipinski definition) is 7. The number of aryl methyl sites for hydroxylation is 1. The lowest BCUT2D eigenvalue weighted by Gasteiger charge is -2.14. The number of methoxy groups -OCH3 is 2. The number of nitriles is 1. The molecule has 29 heavy (non-hydrogen) atoms. The molecule has 0 bridgehead atoms. The molecule has 2 aromatic rings. The van der Waals surface area contributed by atoms with E-state index in [0.29, 0.717) is 42.5 Å². The highest BCUT2D eigenvalue weighted by Crippen LogP contribution is 2.33. The average Bonchev–Trinajstić information content (AvgIpc) is 2.69. The number of aromatic nitrogens is 1. The number of nitrogens with one attached hydrogen (secondary N) is 1. The Balaban J connectivity index is 2.35. The van der Waals surface area contributed by atoms with Gasteiger partial charge in [0.2, 0.25) is 0 Å². The third kappa shape index (κ3) is 5.56. The molecular weight excluding hydrogens is 368 g/mol. The zero-order valence-electron chi connectivity index (χ0n) is 17.3. The van der Waals surface area contributed by atoms with Crippen LogP contribution in [-0.4, -0.2) is 32.0 Å². The Kier molecular flexibility index (Phi) is 8.19. The molecule has 0 unspecified atom stereocenters. The van der Waals surface area contributed by atoms with E-state index in [4.69, 9.17) is 14.2 Å². The lowest BCUT2D eigenvalue weighted by atomic mass is 10.1. The van der Waals surface area contributed by atoms with Crippen LogP contribution >= 0.6 is 0 Å². The zero-order valence-corrected chi connectivity index (χ0v) is 17.3. The van der Waals surface area contributed by atoms with Crippen molar-refractivity contribution in [2.75, 3.05) is 26.3 Å². The Morgan fingerprint density at radius 2 is 2.07 bits per heavy atom. The molecule has 1 heterocycles. The Labute approximate surface area is 171 Å². The fraction of sp³-hybridized carbons (Fsp3) is 0.318. The molecule has 0 atom stereocenters. The Morgan fingerprint density at radius 3 is 2.69 bits per heavy atom. The van der Waals surface area contributed by atoms with Gasteiger partial charge in [0, 0.05) is 23.9 Å². The van der Waals surface area contributed by atoms with E-state index < -0.39 is 0 Å². The van der Waals surface area contributed by atoms with Crippen molar-refractivity contribution in [3.8, 4) is 17.6 Å². The molecular formula is C22H26N4O3. The highest BCUT2D eigenvalue weighted by Gasteiger charge is 2.13. The first-order valence-electron chi connectivity index (χ1n) is 9.21. The molecule has 0 aliphatic carbocycles. The molecule has 0 aliphatic rings. The molecule has 0 radical (unpaired) electrons. The minimum absolute atomic E-state index is 0.325. The predicted octanol–water partition coefficient (Wildman–Crippen LogP) is 3.99. The molecule has 0 saturated carbocycles. The number of anilines is 1. The summed E-state index contributed by atoms with van der Waals surface area (Å²) in [5, 5.41) is 13.8. The summed E-state index contributed by atoms with van der Waals surface area (Å²) in [4.78, 5) is 4.38. The number of benzene rings is 1. The van der Waals surface area contributed by atoms with E-state index in [1.54, 1.807) is 26.5 Å². The van der Waals surface area contributed by atoms with Gasteiger partial charge in [0.05, 0.1) is 26.5 Å². The van der Waals surface area contributed by atoms with Crippen LogP contribution in [0.25, 0.3) is 0 Å². The number of pyridine rings is 1. The number of ether oxygens (including phenoxy) is 3. The Morgan fingerprint density at radius 1 is 1.28 bits per heavy atom. The molecule has 0 amide bonds. The minimum Gasteiger partial charge on any atom is -0.493 e. The molecule has 0 fully saturated rings. The van der Waals surface area contributed by atoms with Crippen molar-refractivity contribution in [2.45, 2.75) is 26.9 Å². The van der Waals surface area contributed by atoms with Crippen LogP contribution in [0.1, 0.15) is 34.9 Å². The van der Waals surface area contributed by atoms with Crippen molar-refractivity contribution >= 4 is 12.0 Å². The SMILES string of the molecule is C=CCc1cc(/C=N/Nc2nc(C)cc(COC)c2C#N)cc(OCC)c1OC. The van der Waals surface area contributed by atoms with Gasteiger partial charge in [-0.25, -0.2) is 4.98 Å². The van der Waals surface area contributed by atoms with Gasteiger partial charge in [0.15, 0.2) is 17.3 Å². The van der Waals surface area contributed by atoms with Gasteiger partial charge in [-0.05, 0) is 44.0 Å². The van der Waals surface area contributed by atoms with Crippen molar-refractivity contribution in [1.29, 1.82) is 5.26 Å². The van der Waals surface area contributed by atoms with Crippen molar-refractivity contribution in [3.05, 3.63) is 58.8 Å². The Bertz CT molecular complexity index is 933. The van der Waals surface area contributed by atoms with Gasteiger partial charge in [-0.15, -0.1) is 6.58 Å². The summed E-state index contributed by atoms with van der Waals surface area (Å²) in [6, 6.07) is 7.81. The fourth-order valence-corrected chi connectivity index (χ4v) is 2.94. The number of rotatable bonds is 10. The molecule has 1 aromatic heterocycles. The van der Waals surface area contributed by atoms with Crippen molar-refractivity contribution in [2.24, 2.45) is 5.10 Å². The summed E-state index contributed by atoms with van der Waals surface area (Å²) < 4.78 is 16.4. The van der Waals surface area contributed by atoms with Gasteiger partial charge in [0.25, 0.3) is 0 Å². The third-order valence-electron chi connectivity index (χ3n) is 4.05. The molecule has 2 rings (SSSR count). The van der Waals surface area contributed by atoms with Gasteiger partial charge in [-0.3, -0.25) is 5.43 Å². The van der Waals surface area contributed by atoms with Crippen LogP contribution in [0.2, 0.25) is 0 Å². The summed E-state index contributed by atoms with van der Waals surface area (Å²) in [5.74, 6) is 1.72. The van der Waals surface area contributed by atoms with Crippen LogP contribution in [0.15, 0.2) is 36.0 Å². The van der Waals surface area contributed by atoms with Crippen molar-refractivity contribution in [3.63, 3.8) is 0 Å². The van der Waals surface area contributed by atoms with E-state index in [2.05, 4.69) is 28.2 Å². The molecule has 1 N–H and O–H groups in total. The molecule has 152 valence electrons. The van der Waals surface area contributed by atoms with E-state index in [-0.39, 0.29) is 0 Å². The second kappa shape index (κ2) is 10.8. The number of allylic oxidation sites excluding steroid dienone is 1. The second-order valence-corrected chi connectivity index (χ2v) is 6.20. The first-order chi connectivity index (χ1) is 14.1. The molecule has 1 aromatic carbocycles. The lowest BCUT2D eigenvalue weighted by molar-refractivity contribution is 0.184. The number of hydrogen-bond donors (Lipinski definition) is 1. The number of hydrazone groups is 1. The van der Waals surface area contributed by atoms with Gasteiger partial charge >= 0.3 is 0 Å². The van der Waals surface area contributed by atoms with Crippen LogP contribution in [0.5, 0.6) is 11.5 Å². The van der Waals surface area contributed by atoms with E-state index in [9.17, 15) is 5.26 Å². The topological polar surface area (TPSA) is 88.8 Å². The smallest absolute Gasteiger partial charge is 0.164 e. The first kappa shape index (κ1) is 21.9. The molecule has 7 heteroatoms. The summed E-state index contributed by atoms with van der Waals surface area (Å²) in [6.07, 6.45) is 4.09. The van der Waals surface area contributed by atoms with Crippen molar-refractivity contribution in [1.82, 2.24) is 4.98 Å². The molecule has 0 saturated heterocycles. The fourth-order valence-electron chi connectivity index (χ4n) is 2.94. The van der Waals surface area contributed by atoms with Crippen LogP contribution in [0.4, 0.5) is 5.82 Å². The van der Waals surface area contributed by atoms with Crippen LogP contribution < -0.4 is 14.9 Å². The normalized spacial score (nSPS) is 10.6. The average molecular weight is 394 g/mol. The number of nitrogens with zero attached hydrogens (tertiary/aromatic N) is 3. The molecule has 0 aliphatic heterocycles. The maximum atomic E-state index is 9.50. The molecule has 0 spiro atoms. The van der Waals surface area contributed by atoms with Crippen LogP contribution in [0.3, 0.4) is 0 Å². The summed E-state index contributed by atoms with van der Waals surface area (Å²) in [5.41, 5.74) is 6.58. The maximum absolute atomic E-state index is 9.50. The monoisotopic (exact) mass is 394 g/mol. The van der Waals surface area contributed by atoms with E-state index in [1.807, 2.05) is 32.0 Å². The summed E-state index contributed by atoms with van der Waals surface area (Å²) in [7, 11) is 3.20. The lowest BCUT2D eigenvalue weighted by Crippen LogP contribution is -2.04. The van der Waals surface area contributed by atoms with Crippen molar-refractivity contribution < 1.29 is 14.2 Å². The zero-order chi connectivity index (χ0) is 21.2. The van der Waals surface area contributed by atoms with E-state index in [0.717, 1.165) is 22.4 Å². The maximum Gasteiger partial charge on any atom is 0.164 e. The molecule has 7 nitrogen and oxygen atoms in total. The second-order valence-electron chi connectivity index (χ2n) is 6.20. The van der Waals surface area contributed by atoms with E-state index >= 15 is 0 Å². The largest absolute Gasteiger partial charge is 0.493 e. The van der Waals surface area contributed by atoms with Gasteiger partial charge in [-0.2, -0.15) is 10.4 Å². The Hall–Kier alpha value is -3.37. The third-order valence-corrected chi connectivity index (χ3v) is 4.05. The van der Waals surface area contributed by atoms with E-state index in [1.165, 1.54) is 0 Å². The van der Waals surface area contributed by atoms with Gasteiger partial charge in [-0.1, -0.05) is 6.08 Å².